The number of hydrogen-bond donors (Lipinski definition) is 1. The monoisotopic (exact) mass is 290 g/mol. The number of ether oxygens (including phenoxy) is 1. The van der Waals surface area contributed by atoms with E-state index in [9.17, 15) is 0 Å². The van der Waals surface area contributed by atoms with Crippen molar-refractivity contribution in [1.82, 2.24) is 5.32 Å². The van der Waals surface area contributed by atoms with Gasteiger partial charge in [0.2, 0.25) is 0 Å². The lowest BCUT2D eigenvalue weighted by molar-refractivity contribution is 0.415. The fraction of sp³-hybridized carbons (Fsp3) is 0.250. The Bertz CT molecular complexity index is 586. The highest BCUT2D eigenvalue weighted by molar-refractivity contribution is 6.33. The molecule has 2 aromatic rings. The lowest BCUT2D eigenvalue weighted by atomic mass is 10.1. The maximum absolute atomic E-state index is 6.38. The molecule has 0 bridgehead atoms. The van der Waals surface area contributed by atoms with E-state index < -0.39 is 0 Å². The molecular formula is C16H19ClN2O. The molecule has 0 saturated carbocycles. The fourth-order valence-corrected chi connectivity index (χ4v) is 2.54. The smallest absolute Gasteiger partial charge is 0.120 e. The van der Waals surface area contributed by atoms with Crippen molar-refractivity contribution in [3.63, 3.8) is 0 Å². The van der Waals surface area contributed by atoms with Crippen LogP contribution in [0, 0.1) is 0 Å². The number of nitrogens with zero attached hydrogens (tertiary/aromatic N) is 1. The Balaban J connectivity index is 2.44. The summed E-state index contributed by atoms with van der Waals surface area (Å²) in [6.45, 7) is 0.768. The Kier molecular flexibility index (Phi) is 4.88. The molecule has 2 aromatic carbocycles. The summed E-state index contributed by atoms with van der Waals surface area (Å²) in [4.78, 5) is 2.08. The third-order valence-corrected chi connectivity index (χ3v) is 3.52. The topological polar surface area (TPSA) is 24.5 Å². The lowest BCUT2D eigenvalue weighted by Gasteiger charge is -2.24. The molecule has 0 aliphatic heterocycles. The van der Waals surface area contributed by atoms with Crippen LogP contribution < -0.4 is 15.0 Å². The molecule has 0 amide bonds. The SMILES string of the molecule is CNCc1cccc(Cl)c1N(C)c1cccc(OC)c1. The van der Waals surface area contributed by atoms with Crippen molar-refractivity contribution < 1.29 is 4.74 Å². The van der Waals surface area contributed by atoms with Crippen molar-refractivity contribution in [2.45, 2.75) is 6.54 Å². The molecule has 0 aliphatic rings. The second-order valence-corrected chi connectivity index (χ2v) is 4.95. The van der Waals surface area contributed by atoms with Crippen LogP contribution in [0.25, 0.3) is 0 Å². The van der Waals surface area contributed by atoms with Crippen molar-refractivity contribution in [1.29, 1.82) is 0 Å². The van der Waals surface area contributed by atoms with Crippen LogP contribution in [-0.4, -0.2) is 21.2 Å². The van der Waals surface area contributed by atoms with E-state index in [1.165, 1.54) is 0 Å². The molecule has 0 fully saturated rings. The van der Waals surface area contributed by atoms with E-state index in [0.717, 1.165) is 34.3 Å². The van der Waals surface area contributed by atoms with Gasteiger partial charge in [0.1, 0.15) is 5.75 Å². The van der Waals surface area contributed by atoms with Crippen LogP contribution in [0.2, 0.25) is 5.02 Å². The van der Waals surface area contributed by atoms with Gasteiger partial charge < -0.3 is 15.0 Å². The van der Waals surface area contributed by atoms with Crippen LogP contribution >= 0.6 is 11.6 Å². The number of anilines is 2. The number of halogens is 1. The average molecular weight is 291 g/mol. The second-order valence-electron chi connectivity index (χ2n) is 4.54. The Morgan fingerprint density at radius 1 is 1.20 bits per heavy atom. The van der Waals surface area contributed by atoms with Crippen LogP contribution in [0.15, 0.2) is 42.5 Å². The van der Waals surface area contributed by atoms with Crippen molar-refractivity contribution in [3.8, 4) is 5.75 Å². The minimum Gasteiger partial charge on any atom is -0.497 e. The van der Waals surface area contributed by atoms with Gasteiger partial charge in [0, 0.05) is 25.3 Å². The van der Waals surface area contributed by atoms with E-state index in [1.807, 2.05) is 50.5 Å². The maximum atomic E-state index is 6.38. The van der Waals surface area contributed by atoms with Crippen LogP contribution in [-0.2, 0) is 6.54 Å². The Morgan fingerprint density at radius 2 is 1.95 bits per heavy atom. The van der Waals surface area contributed by atoms with Crippen LogP contribution in [0.4, 0.5) is 11.4 Å². The van der Waals surface area contributed by atoms with E-state index in [0.29, 0.717) is 0 Å². The number of methoxy groups -OCH3 is 1. The first kappa shape index (κ1) is 14.7. The van der Waals surface area contributed by atoms with Gasteiger partial charge >= 0.3 is 0 Å². The number of benzene rings is 2. The largest absolute Gasteiger partial charge is 0.497 e. The van der Waals surface area contributed by atoms with Crippen LogP contribution in [0.1, 0.15) is 5.56 Å². The van der Waals surface area contributed by atoms with Gasteiger partial charge in [-0.3, -0.25) is 0 Å². The van der Waals surface area contributed by atoms with Gasteiger partial charge in [-0.2, -0.15) is 0 Å². The van der Waals surface area contributed by atoms with E-state index >= 15 is 0 Å². The summed E-state index contributed by atoms with van der Waals surface area (Å²) in [6.07, 6.45) is 0. The maximum Gasteiger partial charge on any atom is 0.120 e. The van der Waals surface area contributed by atoms with Gasteiger partial charge in [-0.1, -0.05) is 29.8 Å². The molecule has 2 rings (SSSR count). The molecule has 0 saturated heterocycles. The first-order chi connectivity index (χ1) is 9.67. The van der Waals surface area contributed by atoms with Gasteiger partial charge in [-0.25, -0.2) is 0 Å². The summed E-state index contributed by atoms with van der Waals surface area (Å²) in [5.74, 6) is 0.830. The van der Waals surface area contributed by atoms with Gasteiger partial charge in [-0.05, 0) is 30.8 Å². The van der Waals surface area contributed by atoms with E-state index in [4.69, 9.17) is 16.3 Å². The van der Waals surface area contributed by atoms with E-state index in [2.05, 4.69) is 16.3 Å². The molecule has 20 heavy (non-hydrogen) atoms. The molecule has 4 heteroatoms. The molecule has 0 unspecified atom stereocenters. The van der Waals surface area contributed by atoms with Gasteiger partial charge in [0.15, 0.2) is 0 Å². The average Bonchev–Trinajstić information content (AvgIpc) is 2.47. The summed E-state index contributed by atoms with van der Waals surface area (Å²) in [5.41, 5.74) is 3.21. The first-order valence-electron chi connectivity index (χ1n) is 6.47. The minimum atomic E-state index is 0.739. The van der Waals surface area contributed by atoms with Gasteiger partial charge in [-0.15, -0.1) is 0 Å². The van der Waals surface area contributed by atoms with Crippen LogP contribution in [0.5, 0.6) is 5.75 Å². The van der Waals surface area contributed by atoms with E-state index in [-0.39, 0.29) is 0 Å². The molecule has 1 N–H and O–H groups in total. The molecule has 0 atom stereocenters. The predicted molar refractivity (Wildman–Crippen MR) is 85.3 cm³/mol. The normalized spacial score (nSPS) is 10.4. The zero-order valence-electron chi connectivity index (χ0n) is 12.0. The molecule has 0 aromatic heterocycles. The molecular weight excluding hydrogens is 272 g/mol. The second kappa shape index (κ2) is 6.64. The lowest BCUT2D eigenvalue weighted by Crippen LogP contribution is -2.15. The zero-order valence-corrected chi connectivity index (χ0v) is 12.7. The summed E-state index contributed by atoms with van der Waals surface area (Å²) < 4.78 is 5.28. The number of para-hydroxylation sites is 1. The van der Waals surface area contributed by atoms with Crippen molar-refractivity contribution >= 4 is 23.0 Å². The highest BCUT2D eigenvalue weighted by atomic mass is 35.5. The highest BCUT2D eigenvalue weighted by Crippen LogP contribution is 2.35. The molecule has 0 heterocycles. The van der Waals surface area contributed by atoms with Crippen molar-refractivity contribution in [3.05, 3.63) is 53.1 Å². The molecule has 106 valence electrons. The van der Waals surface area contributed by atoms with Gasteiger partial charge in [0.25, 0.3) is 0 Å². The Morgan fingerprint density at radius 3 is 2.65 bits per heavy atom. The summed E-state index contributed by atoms with van der Waals surface area (Å²) in [7, 11) is 5.60. The fourth-order valence-electron chi connectivity index (χ4n) is 2.22. The number of rotatable bonds is 5. The van der Waals surface area contributed by atoms with E-state index in [1.54, 1.807) is 7.11 Å². The Labute approximate surface area is 125 Å². The summed E-state index contributed by atoms with van der Waals surface area (Å²) in [6, 6.07) is 13.9. The molecule has 0 aliphatic carbocycles. The Hall–Kier alpha value is -1.71. The van der Waals surface area contributed by atoms with Gasteiger partial charge in [0.05, 0.1) is 17.8 Å². The third kappa shape index (κ3) is 3.06. The van der Waals surface area contributed by atoms with Crippen molar-refractivity contribution in [2.24, 2.45) is 0 Å². The minimum absolute atomic E-state index is 0.739. The number of nitrogens with one attached hydrogen (secondary N) is 1. The van der Waals surface area contributed by atoms with Crippen LogP contribution in [0.3, 0.4) is 0 Å². The third-order valence-electron chi connectivity index (χ3n) is 3.21. The molecule has 3 nitrogen and oxygen atoms in total. The number of hydrogen-bond acceptors (Lipinski definition) is 3. The highest BCUT2D eigenvalue weighted by Gasteiger charge is 2.13. The zero-order chi connectivity index (χ0) is 14.5. The molecule has 0 spiro atoms. The standard InChI is InChI=1S/C16H19ClN2O/c1-18-11-12-6-4-9-15(17)16(12)19(2)13-7-5-8-14(10-13)20-3/h4-10,18H,11H2,1-3H3. The predicted octanol–water partition coefficient (Wildman–Crippen LogP) is 3.84. The molecule has 0 radical (unpaired) electrons. The van der Waals surface area contributed by atoms with Crippen molar-refractivity contribution in [2.75, 3.05) is 26.1 Å². The summed E-state index contributed by atoms with van der Waals surface area (Å²) >= 11 is 6.38. The quantitative estimate of drug-likeness (QED) is 0.905. The summed E-state index contributed by atoms with van der Waals surface area (Å²) in [5, 5.41) is 3.91. The first-order valence-corrected chi connectivity index (χ1v) is 6.85.